The number of nitrogens with zero attached hydrogens (tertiary/aromatic N) is 2. The molecule has 6 heteroatoms. The molecule has 3 rings (SSSR count). The summed E-state index contributed by atoms with van der Waals surface area (Å²) in [4.78, 5) is 2.06. The minimum absolute atomic E-state index is 0.504. The largest absolute Gasteiger partial charge is 0.490 e. The Bertz CT molecular complexity index is 679. The molecule has 1 aliphatic rings. The lowest BCUT2D eigenvalue weighted by molar-refractivity contribution is 0.123. The summed E-state index contributed by atoms with van der Waals surface area (Å²) in [6.45, 7) is 6.32. The topological polar surface area (TPSA) is 68.0 Å². The minimum Gasteiger partial charge on any atom is -0.490 e. The molecule has 0 saturated carbocycles. The molecular formula is C18H24N2O4. The van der Waals surface area contributed by atoms with Crippen molar-refractivity contribution in [2.24, 2.45) is 0 Å². The molecule has 6 nitrogen and oxygen atoms in total. The van der Waals surface area contributed by atoms with E-state index >= 15 is 0 Å². The molecule has 1 unspecified atom stereocenters. The van der Waals surface area contributed by atoms with Crippen LogP contribution < -0.4 is 9.47 Å². The van der Waals surface area contributed by atoms with Crippen molar-refractivity contribution in [3.63, 3.8) is 0 Å². The highest BCUT2D eigenvalue weighted by Gasteiger charge is 2.18. The number of aryl methyl sites for hydroxylation is 2. The lowest BCUT2D eigenvalue weighted by Gasteiger charge is -2.21. The standard InChI is InChI=1S/C18H24N2O4/c1-12-15(13(2)24-19-12)10-20(3)11-16(21)14-5-6-17-18(9-14)23-8-4-7-22-17/h5-6,9,16,21H,4,7-8,10-11H2,1-3H3. The average Bonchev–Trinajstić information content (AvgIpc) is 2.78. The fourth-order valence-corrected chi connectivity index (χ4v) is 2.85. The monoisotopic (exact) mass is 332 g/mol. The van der Waals surface area contributed by atoms with E-state index in [1.807, 2.05) is 39.1 Å². The highest BCUT2D eigenvalue weighted by Crippen LogP contribution is 2.32. The third kappa shape index (κ3) is 3.71. The van der Waals surface area contributed by atoms with Crippen molar-refractivity contribution in [1.29, 1.82) is 0 Å². The Labute approximate surface area is 142 Å². The molecule has 130 valence electrons. The Kier molecular flexibility index (Phi) is 5.06. The van der Waals surface area contributed by atoms with Gasteiger partial charge in [0.25, 0.3) is 0 Å². The number of likely N-dealkylation sites (N-methyl/N-ethyl adjacent to an activating group) is 1. The molecule has 1 aromatic carbocycles. The van der Waals surface area contributed by atoms with Crippen LogP contribution in [-0.2, 0) is 6.54 Å². The van der Waals surface area contributed by atoms with Gasteiger partial charge in [-0.25, -0.2) is 0 Å². The first-order valence-corrected chi connectivity index (χ1v) is 8.22. The van der Waals surface area contributed by atoms with E-state index in [-0.39, 0.29) is 0 Å². The number of benzene rings is 1. The molecule has 0 aliphatic carbocycles. The van der Waals surface area contributed by atoms with Crippen molar-refractivity contribution in [2.45, 2.75) is 32.9 Å². The number of aromatic nitrogens is 1. The molecule has 0 bridgehead atoms. The summed E-state index contributed by atoms with van der Waals surface area (Å²) in [6.07, 6.45) is 0.264. The van der Waals surface area contributed by atoms with Gasteiger partial charge in [-0.1, -0.05) is 11.2 Å². The number of ether oxygens (including phenoxy) is 2. The van der Waals surface area contributed by atoms with E-state index in [9.17, 15) is 5.11 Å². The Balaban J connectivity index is 1.66. The van der Waals surface area contributed by atoms with Crippen LogP contribution in [0.25, 0.3) is 0 Å². The quantitative estimate of drug-likeness (QED) is 0.908. The van der Waals surface area contributed by atoms with Gasteiger partial charge < -0.3 is 19.1 Å². The highest BCUT2D eigenvalue weighted by atomic mass is 16.5. The van der Waals surface area contributed by atoms with Gasteiger partial charge in [0.2, 0.25) is 0 Å². The maximum Gasteiger partial charge on any atom is 0.161 e. The van der Waals surface area contributed by atoms with Gasteiger partial charge in [-0.15, -0.1) is 0 Å². The summed E-state index contributed by atoms with van der Waals surface area (Å²) in [5.41, 5.74) is 2.79. The van der Waals surface area contributed by atoms with Crippen molar-refractivity contribution in [2.75, 3.05) is 26.8 Å². The number of fused-ring (bicyclic) bond motifs is 1. The number of aliphatic hydroxyl groups is 1. The number of rotatable bonds is 5. The summed E-state index contributed by atoms with van der Waals surface area (Å²) in [7, 11) is 1.97. The summed E-state index contributed by atoms with van der Waals surface area (Å²) in [5, 5.41) is 14.5. The summed E-state index contributed by atoms with van der Waals surface area (Å²) < 4.78 is 16.5. The molecule has 2 aromatic rings. The van der Waals surface area contributed by atoms with E-state index in [4.69, 9.17) is 14.0 Å². The van der Waals surface area contributed by atoms with Gasteiger partial charge in [0, 0.05) is 25.1 Å². The Morgan fingerprint density at radius 1 is 1.21 bits per heavy atom. The molecule has 0 amide bonds. The lowest BCUT2D eigenvalue weighted by Crippen LogP contribution is -2.24. The molecule has 0 radical (unpaired) electrons. The SMILES string of the molecule is Cc1noc(C)c1CN(C)CC(O)c1ccc2c(c1)OCCCO2. The lowest BCUT2D eigenvalue weighted by atomic mass is 10.1. The van der Waals surface area contributed by atoms with Crippen LogP contribution in [0.4, 0.5) is 0 Å². The van der Waals surface area contributed by atoms with Crippen LogP contribution >= 0.6 is 0 Å². The van der Waals surface area contributed by atoms with E-state index in [0.29, 0.717) is 32.1 Å². The Morgan fingerprint density at radius 2 is 1.96 bits per heavy atom. The van der Waals surface area contributed by atoms with Gasteiger partial charge in [-0.3, -0.25) is 4.90 Å². The van der Waals surface area contributed by atoms with Crippen molar-refractivity contribution in [1.82, 2.24) is 10.1 Å². The molecule has 0 saturated heterocycles. The molecular weight excluding hydrogens is 308 g/mol. The zero-order valence-corrected chi connectivity index (χ0v) is 14.4. The van der Waals surface area contributed by atoms with Gasteiger partial charge in [0.1, 0.15) is 5.76 Å². The zero-order valence-electron chi connectivity index (χ0n) is 14.4. The van der Waals surface area contributed by atoms with Crippen molar-refractivity contribution in [3.8, 4) is 11.5 Å². The van der Waals surface area contributed by atoms with Crippen molar-refractivity contribution >= 4 is 0 Å². The van der Waals surface area contributed by atoms with E-state index in [1.54, 1.807) is 0 Å². The first-order chi connectivity index (χ1) is 11.5. The number of hydrogen-bond donors (Lipinski definition) is 1. The second kappa shape index (κ2) is 7.23. The molecule has 1 aromatic heterocycles. The van der Waals surface area contributed by atoms with Gasteiger partial charge in [0.05, 0.1) is 25.0 Å². The summed E-state index contributed by atoms with van der Waals surface area (Å²) in [6, 6.07) is 5.63. The highest BCUT2D eigenvalue weighted by molar-refractivity contribution is 5.44. The van der Waals surface area contributed by atoms with Gasteiger partial charge >= 0.3 is 0 Å². The Hall–Kier alpha value is -2.05. The molecule has 1 aliphatic heterocycles. The summed E-state index contributed by atoms with van der Waals surface area (Å²) in [5.74, 6) is 2.27. The first kappa shape index (κ1) is 16.8. The van der Waals surface area contributed by atoms with E-state index in [0.717, 1.165) is 34.8 Å². The molecule has 24 heavy (non-hydrogen) atoms. The van der Waals surface area contributed by atoms with Crippen LogP contribution in [0.1, 0.15) is 35.1 Å². The van der Waals surface area contributed by atoms with Crippen LogP contribution in [0.5, 0.6) is 11.5 Å². The third-order valence-electron chi connectivity index (χ3n) is 4.25. The number of aliphatic hydroxyl groups excluding tert-OH is 1. The normalized spacial score (nSPS) is 15.4. The van der Waals surface area contributed by atoms with Crippen LogP contribution in [-0.4, -0.2) is 42.0 Å². The van der Waals surface area contributed by atoms with E-state index in [1.165, 1.54) is 0 Å². The Morgan fingerprint density at radius 3 is 2.67 bits per heavy atom. The fraction of sp³-hybridized carbons (Fsp3) is 0.500. The molecule has 0 fully saturated rings. The van der Waals surface area contributed by atoms with Crippen molar-refractivity contribution in [3.05, 3.63) is 40.8 Å². The minimum atomic E-state index is -0.604. The third-order valence-corrected chi connectivity index (χ3v) is 4.25. The van der Waals surface area contributed by atoms with Gasteiger partial charge in [-0.2, -0.15) is 0 Å². The molecule has 0 spiro atoms. The average molecular weight is 332 g/mol. The maximum absolute atomic E-state index is 10.6. The van der Waals surface area contributed by atoms with E-state index < -0.39 is 6.10 Å². The smallest absolute Gasteiger partial charge is 0.161 e. The number of hydrogen-bond acceptors (Lipinski definition) is 6. The van der Waals surface area contributed by atoms with Crippen LogP contribution in [0, 0.1) is 13.8 Å². The molecule has 1 N–H and O–H groups in total. The van der Waals surface area contributed by atoms with Gasteiger partial charge in [-0.05, 0) is 38.6 Å². The molecule has 1 atom stereocenters. The predicted molar refractivity (Wildman–Crippen MR) is 89.3 cm³/mol. The molecule has 2 heterocycles. The maximum atomic E-state index is 10.6. The summed E-state index contributed by atoms with van der Waals surface area (Å²) >= 11 is 0. The van der Waals surface area contributed by atoms with Gasteiger partial charge in [0.15, 0.2) is 11.5 Å². The van der Waals surface area contributed by atoms with Crippen LogP contribution in [0.2, 0.25) is 0 Å². The van der Waals surface area contributed by atoms with Crippen LogP contribution in [0.3, 0.4) is 0 Å². The van der Waals surface area contributed by atoms with E-state index in [2.05, 4.69) is 10.1 Å². The predicted octanol–water partition coefficient (Wildman–Crippen LogP) is 2.62. The van der Waals surface area contributed by atoms with Crippen LogP contribution in [0.15, 0.2) is 22.7 Å². The second-order valence-corrected chi connectivity index (χ2v) is 6.27. The first-order valence-electron chi connectivity index (χ1n) is 8.22. The zero-order chi connectivity index (χ0) is 17.1. The second-order valence-electron chi connectivity index (χ2n) is 6.27. The fourth-order valence-electron chi connectivity index (χ4n) is 2.85. The van der Waals surface area contributed by atoms with Crippen molar-refractivity contribution < 1.29 is 19.1 Å².